The number of hydrogen-bond donors (Lipinski definition) is 3. The van der Waals surface area contributed by atoms with Crippen LogP contribution in [0.15, 0.2) is 24.4 Å². The van der Waals surface area contributed by atoms with E-state index in [2.05, 4.69) is 38.6 Å². The molecule has 0 bridgehead atoms. The van der Waals surface area contributed by atoms with Gasteiger partial charge in [-0.15, -0.1) is 0 Å². The molecule has 4 atom stereocenters. The second kappa shape index (κ2) is 6.18. The monoisotopic (exact) mass is 328 g/mol. The number of amides is 1. The fourth-order valence-electron chi connectivity index (χ4n) is 4.42. The summed E-state index contributed by atoms with van der Waals surface area (Å²) in [5.74, 6) is 1.03. The summed E-state index contributed by atoms with van der Waals surface area (Å²) in [6.45, 7) is 4.51. The standard InChI is InChI=1S/C18H24N4O2/c1-11(23)20-17-5-14-9-22(10-15(14)6-18(17)24)8-12-2-3-16-13(4-12)7-19-21-16/h2-4,7,14-15,17-18,24H,5-6,8-10H2,1H3,(H,19,21)(H,20,23)/t14-,15+,17-,18-/m1/s1. The molecule has 1 saturated heterocycles. The van der Waals surface area contributed by atoms with E-state index in [1.54, 1.807) is 0 Å². The van der Waals surface area contributed by atoms with E-state index in [-0.39, 0.29) is 11.9 Å². The van der Waals surface area contributed by atoms with E-state index in [0.717, 1.165) is 43.4 Å². The number of aliphatic hydroxyl groups is 1. The Morgan fingerprint density at radius 3 is 2.96 bits per heavy atom. The van der Waals surface area contributed by atoms with E-state index >= 15 is 0 Å². The Kier molecular flexibility index (Phi) is 4.02. The summed E-state index contributed by atoms with van der Waals surface area (Å²) in [7, 11) is 0. The normalized spacial score (nSPS) is 30.4. The molecule has 0 unspecified atom stereocenters. The van der Waals surface area contributed by atoms with Gasteiger partial charge in [0.2, 0.25) is 5.91 Å². The van der Waals surface area contributed by atoms with Gasteiger partial charge in [0.05, 0.1) is 23.9 Å². The number of rotatable bonds is 3. The number of aromatic amines is 1. The number of likely N-dealkylation sites (tertiary alicyclic amines) is 1. The highest BCUT2D eigenvalue weighted by Gasteiger charge is 2.41. The van der Waals surface area contributed by atoms with Crippen molar-refractivity contribution in [2.24, 2.45) is 11.8 Å². The summed E-state index contributed by atoms with van der Waals surface area (Å²) >= 11 is 0. The van der Waals surface area contributed by atoms with E-state index in [4.69, 9.17) is 0 Å². The maximum atomic E-state index is 11.3. The molecule has 1 aliphatic heterocycles. The lowest BCUT2D eigenvalue weighted by Crippen LogP contribution is -2.48. The first kappa shape index (κ1) is 15.6. The molecule has 24 heavy (non-hydrogen) atoms. The number of H-pyrrole nitrogens is 1. The number of fused-ring (bicyclic) bond motifs is 2. The second-order valence-corrected chi connectivity index (χ2v) is 7.35. The first-order valence-corrected chi connectivity index (χ1v) is 8.68. The maximum Gasteiger partial charge on any atom is 0.217 e. The molecule has 3 N–H and O–H groups in total. The smallest absolute Gasteiger partial charge is 0.217 e. The number of aliphatic hydroxyl groups excluding tert-OH is 1. The van der Waals surface area contributed by atoms with Crippen LogP contribution < -0.4 is 5.32 Å². The molecule has 6 heteroatoms. The Bertz CT molecular complexity index is 743. The van der Waals surface area contributed by atoms with Gasteiger partial charge in [0.15, 0.2) is 0 Å². The highest BCUT2D eigenvalue weighted by molar-refractivity contribution is 5.78. The zero-order valence-electron chi connectivity index (χ0n) is 13.9. The van der Waals surface area contributed by atoms with Gasteiger partial charge in [-0.3, -0.25) is 14.8 Å². The molecule has 4 rings (SSSR count). The van der Waals surface area contributed by atoms with Gasteiger partial charge in [0.1, 0.15) is 0 Å². The molecule has 0 radical (unpaired) electrons. The van der Waals surface area contributed by atoms with Crippen molar-refractivity contribution in [2.75, 3.05) is 13.1 Å². The van der Waals surface area contributed by atoms with Gasteiger partial charge in [-0.05, 0) is 42.4 Å². The molecule has 1 saturated carbocycles. The van der Waals surface area contributed by atoms with Crippen LogP contribution in [-0.4, -0.2) is 51.3 Å². The third kappa shape index (κ3) is 3.03. The SMILES string of the molecule is CC(=O)N[C@@H]1C[C@@H]2CN(Cc3ccc4[nH]ncc4c3)C[C@@H]2C[C@H]1O. The predicted octanol–water partition coefficient (Wildman–Crippen LogP) is 1.27. The van der Waals surface area contributed by atoms with Crippen molar-refractivity contribution in [3.63, 3.8) is 0 Å². The molecule has 2 fully saturated rings. The van der Waals surface area contributed by atoms with E-state index in [0.29, 0.717) is 11.8 Å². The van der Waals surface area contributed by atoms with Gasteiger partial charge in [-0.25, -0.2) is 0 Å². The molecule has 2 aromatic rings. The number of carbonyl (C=O) groups is 1. The third-order valence-corrected chi connectivity index (χ3v) is 5.52. The molecule has 1 aromatic heterocycles. The minimum atomic E-state index is -0.419. The summed E-state index contributed by atoms with van der Waals surface area (Å²) in [5.41, 5.74) is 2.36. The minimum Gasteiger partial charge on any atom is -0.391 e. The molecule has 1 aromatic carbocycles. The molecule has 2 heterocycles. The van der Waals surface area contributed by atoms with E-state index in [9.17, 15) is 9.90 Å². The molecule has 6 nitrogen and oxygen atoms in total. The lowest BCUT2D eigenvalue weighted by atomic mass is 9.77. The topological polar surface area (TPSA) is 81.2 Å². The lowest BCUT2D eigenvalue weighted by molar-refractivity contribution is -0.121. The molecular weight excluding hydrogens is 304 g/mol. The Morgan fingerprint density at radius 2 is 2.17 bits per heavy atom. The van der Waals surface area contributed by atoms with Crippen LogP contribution in [0.2, 0.25) is 0 Å². The molecule has 128 valence electrons. The van der Waals surface area contributed by atoms with Gasteiger partial charge < -0.3 is 10.4 Å². The summed E-state index contributed by atoms with van der Waals surface area (Å²) in [6, 6.07) is 6.33. The average Bonchev–Trinajstić information content (AvgIpc) is 3.12. The molecule has 1 aliphatic carbocycles. The van der Waals surface area contributed by atoms with Crippen LogP contribution in [0.4, 0.5) is 0 Å². The van der Waals surface area contributed by atoms with Crippen LogP contribution in [0, 0.1) is 11.8 Å². The van der Waals surface area contributed by atoms with E-state index < -0.39 is 6.10 Å². The quantitative estimate of drug-likeness (QED) is 0.792. The summed E-state index contributed by atoms with van der Waals surface area (Å²) in [5, 5.41) is 21.4. The highest BCUT2D eigenvalue weighted by Crippen LogP contribution is 2.37. The van der Waals surface area contributed by atoms with Crippen LogP contribution in [-0.2, 0) is 11.3 Å². The number of benzene rings is 1. The van der Waals surface area contributed by atoms with Crippen molar-refractivity contribution in [3.8, 4) is 0 Å². The fraction of sp³-hybridized carbons (Fsp3) is 0.556. The minimum absolute atomic E-state index is 0.0548. The van der Waals surface area contributed by atoms with Crippen LogP contribution in [0.1, 0.15) is 25.3 Å². The molecule has 1 amide bonds. The van der Waals surface area contributed by atoms with Gasteiger partial charge in [-0.1, -0.05) is 6.07 Å². The number of nitrogens with zero attached hydrogens (tertiary/aromatic N) is 2. The third-order valence-electron chi connectivity index (χ3n) is 5.52. The summed E-state index contributed by atoms with van der Waals surface area (Å²) in [6.07, 6.45) is 3.10. The van der Waals surface area contributed by atoms with Gasteiger partial charge >= 0.3 is 0 Å². The van der Waals surface area contributed by atoms with Gasteiger partial charge in [-0.2, -0.15) is 5.10 Å². The van der Waals surface area contributed by atoms with Crippen molar-refractivity contribution in [1.82, 2.24) is 20.4 Å². The fourth-order valence-corrected chi connectivity index (χ4v) is 4.42. The number of carbonyl (C=O) groups excluding carboxylic acids is 1. The number of hydrogen-bond acceptors (Lipinski definition) is 4. The lowest BCUT2D eigenvalue weighted by Gasteiger charge is -2.35. The molecule has 0 spiro atoms. The zero-order chi connectivity index (χ0) is 16.7. The first-order chi connectivity index (χ1) is 11.6. The average molecular weight is 328 g/mol. The van der Waals surface area contributed by atoms with Crippen LogP contribution >= 0.6 is 0 Å². The second-order valence-electron chi connectivity index (χ2n) is 7.35. The van der Waals surface area contributed by atoms with E-state index in [1.165, 1.54) is 12.5 Å². The first-order valence-electron chi connectivity index (χ1n) is 8.68. The van der Waals surface area contributed by atoms with Crippen LogP contribution in [0.5, 0.6) is 0 Å². The van der Waals surface area contributed by atoms with Crippen LogP contribution in [0.3, 0.4) is 0 Å². The molecule has 2 aliphatic rings. The number of aromatic nitrogens is 2. The van der Waals surface area contributed by atoms with Crippen molar-refractivity contribution in [1.29, 1.82) is 0 Å². The van der Waals surface area contributed by atoms with Crippen molar-refractivity contribution in [2.45, 2.75) is 38.5 Å². The summed E-state index contributed by atoms with van der Waals surface area (Å²) < 4.78 is 0. The Hall–Kier alpha value is -1.92. The molecular formula is C18H24N4O2. The van der Waals surface area contributed by atoms with Crippen molar-refractivity contribution in [3.05, 3.63) is 30.0 Å². The Labute approximate surface area is 141 Å². The van der Waals surface area contributed by atoms with Crippen LogP contribution in [0.25, 0.3) is 10.9 Å². The van der Waals surface area contributed by atoms with E-state index in [1.807, 2.05) is 6.20 Å². The Balaban J connectivity index is 1.41. The van der Waals surface area contributed by atoms with Crippen molar-refractivity contribution >= 4 is 16.8 Å². The van der Waals surface area contributed by atoms with Gasteiger partial charge in [0.25, 0.3) is 0 Å². The van der Waals surface area contributed by atoms with Crippen molar-refractivity contribution < 1.29 is 9.90 Å². The highest BCUT2D eigenvalue weighted by atomic mass is 16.3. The van der Waals surface area contributed by atoms with Gasteiger partial charge in [0, 0.05) is 31.9 Å². The summed E-state index contributed by atoms with van der Waals surface area (Å²) in [4.78, 5) is 13.8. The Morgan fingerprint density at radius 1 is 1.38 bits per heavy atom. The largest absolute Gasteiger partial charge is 0.391 e. The predicted molar refractivity (Wildman–Crippen MR) is 91.2 cm³/mol. The maximum absolute atomic E-state index is 11.3. The zero-order valence-corrected chi connectivity index (χ0v) is 13.9. The number of nitrogens with one attached hydrogen (secondary N) is 2.